The first-order valence-electron chi connectivity index (χ1n) is 8.69. The van der Waals surface area contributed by atoms with Gasteiger partial charge >= 0.3 is 0 Å². The quantitative estimate of drug-likeness (QED) is 0.835. The number of carbonyl (C=O) groups excluding carboxylic acids is 2. The largest absolute Gasteiger partial charge is 0.503 e. The molecule has 1 aromatic carbocycles. The zero-order valence-corrected chi connectivity index (χ0v) is 16.7. The maximum atomic E-state index is 13.1. The molecule has 142 valence electrons. The Morgan fingerprint density at radius 2 is 2.00 bits per heavy atom. The van der Waals surface area contributed by atoms with Crippen molar-refractivity contribution < 1.29 is 19.4 Å². The molecule has 1 amide bonds. The molecule has 0 bridgehead atoms. The summed E-state index contributed by atoms with van der Waals surface area (Å²) in [4.78, 5) is 28.5. The van der Waals surface area contributed by atoms with Crippen LogP contribution < -0.4 is 4.74 Å². The SMILES string of the molecule is COc1cccc(C2C(C(=O)C(C)(C)C)=C(O)C(=O)N2Cc2cccs2)c1. The van der Waals surface area contributed by atoms with Crippen LogP contribution in [0.15, 0.2) is 53.1 Å². The highest BCUT2D eigenvalue weighted by Gasteiger charge is 2.46. The summed E-state index contributed by atoms with van der Waals surface area (Å²) in [5.41, 5.74) is 0.160. The van der Waals surface area contributed by atoms with Gasteiger partial charge in [0.25, 0.3) is 5.91 Å². The van der Waals surface area contributed by atoms with Crippen molar-refractivity contribution in [3.05, 3.63) is 63.6 Å². The van der Waals surface area contributed by atoms with Crippen molar-refractivity contribution in [1.82, 2.24) is 4.90 Å². The summed E-state index contributed by atoms with van der Waals surface area (Å²) in [7, 11) is 1.57. The first kappa shape index (κ1) is 19.2. The van der Waals surface area contributed by atoms with E-state index in [9.17, 15) is 14.7 Å². The van der Waals surface area contributed by atoms with Crippen molar-refractivity contribution in [3.8, 4) is 5.75 Å². The average molecular weight is 385 g/mol. The summed E-state index contributed by atoms with van der Waals surface area (Å²) >= 11 is 1.53. The third-order valence-electron chi connectivity index (χ3n) is 4.55. The standard InChI is InChI=1S/C21H23NO4S/c1-21(2,3)19(24)16-17(13-7-5-8-14(11-13)26-4)22(20(25)18(16)23)12-15-9-6-10-27-15/h5-11,17,23H,12H2,1-4H3. The fraction of sp³-hybridized carbons (Fsp3) is 0.333. The number of aliphatic hydroxyl groups excluding tert-OH is 1. The number of rotatable bonds is 5. The molecule has 1 atom stereocenters. The number of Topliss-reactive ketones (excluding diaryl/α,β-unsaturated/α-hetero) is 1. The summed E-state index contributed by atoms with van der Waals surface area (Å²) in [6.07, 6.45) is 0. The molecule has 0 aliphatic carbocycles. The van der Waals surface area contributed by atoms with Crippen LogP contribution in [0.1, 0.15) is 37.3 Å². The molecule has 1 unspecified atom stereocenters. The fourth-order valence-electron chi connectivity index (χ4n) is 3.18. The lowest BCUT2D eigenvalue weighted by molar-refractivity contribution is -0.130. The van der Waals surface area contributed by atoms with Crippen LogP contribution in [0, 0.1) is 5.41 Å². The lowest BCUT2D eigenvalue weighted by atomic mass is 9.82. The molecule has 1 aliphatic rings. The maximum Gasteiger partial charge on any atom is 0.290 e. The van der Waals surface area contributed by atoms with Gasteiger partial charge in [0.2, 0.25) is 0 Å². The Hall–Kier alpha value is -2.60. The van der Waals surface area contributed by atoms with E-state index < -0.39 is 23.1 Å². The number of amides is 1. The molecular weight excluding hydrogens is 362 g/mol. The second-order valence-corrected chi connectivity index (χ2v) is 8.57. The number of ether oxygens (including phenoxy) is 1. The molecule has 1 aromatic heterocycles. The number of nitrogens with zero attached hydrogens (tertiary/aromatic N) is 1. The van der Waals surface area contributed by atoms with Crippen LogP contribution in [-0.4, -0.2) is 28.8 Å². The summed E-state index contributed by atoms with van der Waals surface area (Å²) in [5.74, 6) is -0.594. The van der Waals surface area contributed by atoms with E-state index in [1.807, 2.05) is 29.6 Å². The van der Waals surface area contributed by atoms with Gasteiger partial charge in [-0.05, 0) is 29.1 Å². The molecule has 0 fully saturated rings. The highest BCUT2D eigenvalue weighted by atomic mass is 32.1. The van der Waals surface area contributed by atoms with Gasteiger partial charge in [-0.15, -0.1) is 11.3 Å². The van der Waals surface area contributed by atoms with Crippen LogP contribution in [0.5, 0.6) is 5.75 Å². The molecule has 2 aromatic rings. The van der Waals surface area contributed by atoms with Crippen molar-refractivity contribution in [1.29, 1.82) is 0 Å². The zero-order chi connectivity index (χ0) is 19.8. The first-order valence-corrected chi connectivity index (χ1v) is 9.57. The van der Waals surface area contributed by atoms with Gasteiger partial charge in [-0.25, -0.2) is 0 Å². The van der Waals surface area contributed by atoms with Crippen molar-refractivity contribution in [2.24, 2.45) is 5.41 Å². The van der Waals surface area contributed by atoms with Gasteiger partial charge in [0.05, 0.1) is 25.3 Å². The number of benzene rings is 1. The molecule has 5 nitrogen and oxygen atoms in total. The van der Waals surface area contributed by atoms with Gasteiger partial charge in [-0.3, -0.25) is 9.59 Å². The molecular formula is C21H23NO4S. The van der Waals surface area contributed by atoms with E-state index in [-0.39, 0.29) is 11.4 Å². The van der Waals surface area contributed by atoms with E-state index in [0.29, 0.717) is 12.3 Å². The topological polar surface area (TPSA) is 66.8 Å². The smallest absolute Gasteiger partial charge is 0.290 e. The van der Waals surface area contributed by atoms with Crippen LogP contribution in [0.2, 0.25) is 0 Å². The Balaban J connectivity index is 2.12. The van der Waals surface area contributed by atoms with Gasteiger partial charge in [-0.2, -0.15) is 0 Å². The lowest BCUT2D eigenvalue weighted by Crippen LogP contribution is -2.32. The van der Waals surface area contributed by atoms with Crippen molar-refractivity contribution in [2.75, 3.05) is 7.11 Å². The molecule has 1 aliphatic heterocycles. The van der Waals surface area contributed by atoms with E-state index in [2.05, 4.69) is 0 Å². The van der Waals surface area contributed by atoms with Crippen LogP contribution in [0.4, 0.5) is 0 Å². The van der Waals surface area contributed by atoms with Crippen molar-refractivity contribution >= 4 is 23.0 Å². The molecule has 0 saturated carbocycles. The minimum absolute atomic E-state index is 0.150. The molecule has 2 heterocycles. The Morgan fingerprint density at radius 3 is 2.59 bits per heavy atom. The van der Waals surface area contributed by atoms with Crippen LogP contribution in [0.25, 0.3) is 0 Å². The van der Waals surface area contributed by atoms with E-state index in [1.165, 1.54) is 11.3 Å². The fourth-order valence-corrected chi connectivity index (χ4v) is 3.88. The molecule has 0 spiro atoms. The second-order valence-electron chi connectivity index (χ2n) is 7.53. The van der Waals surface area contributed by atoms with Crippen molar-refractivity contribution in [3.63, 3.8) is 0 Å². The van der Waals surface area contributed by atoms with Crippen LogP contribution in [-0.2, 0) is 16.1 Å². The van der Waals surface area contributed by atoms with E-state index in [0.717, 1.165) is 10.4 Å². The normalized spacial score (nSPS) is 17.6. The number of methoxy groups -OCH3 is 1. The molecule has 27 heavy (non-hydrogen) atoms. The zero-order valence-electron chi connectivity index (χ0n) is 15.9. The third-order valence-corrected chi connectivity index (χ3v) is 5.41. The molecule has 3 rings (SSSR count). The summed E-state index contributed by atoms with van der Waals surface area (Å²) < 4.78 is 5.31. The number of carbonyl (C=O) groups is 2. The van der Waals surface area contributed by atoms with Gasteiger partial charge < -0.3 is 14.7 Å². The second kappa shape index (κ2) is 7.19. The number of hydrogen-bond acceptors (Lipinski definition) is 5. The van der Waals surface area contributed by atoms with Crippen LogP contribution >= 0.6 is 11.3 Å². The highest BCUT2D eigenvalue weighted by molar-refractivity contribution is 7.09. The molecule has 1 N–H and O–H groups in total. The van der Waals surface area contributed by atoms with E-state index in [4.69, 9.17) is 4.74 Å². The summed E-state index contributed by atoms with van der Waals surface area (Å²) in [6.45, 7) is 5.67. The first-order chi connectivity index (χ1) is 12.7. The Morgan fingerprint density at radius 1 is 1.26 bits per heavy atom. The number of ketones is 1. The average Bonchev–Trinajstić information content (AvgIpc) is 3.22. The predicted octanol–water partition coefficient (Wildman–Crippen LogP) is 4.27. The van der Waals surface area contributed by atoms with Gasteiger partial charge in [0.1, 0.15) is 5.75 Å². The third kappa shape index (κ3) is 3.62. The van der Waals surface area contributed by atoms with E-state index in [1.54, 1.807) is 44.9 Å². The predicted molar refractivity (Wildman–Crippen MR) is 105 cm³/mol. The Bertz CT molecular complexity index is 893. The minimum atomic E-state index is -0.723. The van der Waals surface area contributed by atoms with Gasteiger partial charge in [0.15, 0.2) is 11.5 Å². The number of aliphatic hydroxyl groups is 1. The monoisotopic (exact) mass is 385 g/mol. The lowest BCUT2D eigenvalue weighted by Gasteiger charge is -2.28. The minimum Gasteiger partial charge on any atom is -0.503 e. The van der Waals surface area contributed by atoms with Gasteiger partial charge in [0, 0.05) is 10.3 Å². The Kier molecular flexibility index (Phi) is 5.11. The van der Waals surface area contributed by atoms with Crippen LogP contribution in [0.3, 0.4) is 0 Å². The number of thiophene rings is 1. The van der Waals surface area contributed by atoms with Gasteiger partial charge in [-0.1, -0.05) is 39.0 Å². The highest BCUT2D eigenvalue weighted by Crippen LogP contribution is 2.42. The molecule has 6 heteroatoms. The molecule has 0 radical (unpaired) electrons. The summed E-state index contributed by atoms with van der Waals surface area (Å²) in [6, 6.07) is 10.5. The van der Waals surface area contributed by atoms with E-state index >= 15 is 0 Å². The van der Waals surface area contributed by atoms with Crippen molar-refractivity contribution in [2.45, 2.75) is 33.4 Å². The summed E-state index contributed by atoms with van der Waals surface area (Å²) in [5, 5.41) is 12.5. The maximum absolute atomic E-state index is 13.1. The molecule has 0 saturated heterocycles. The number of hydrogen-bond donors (Lipinski definition) is 1. The Labute approximate surface area is 162 Å².